The molecule has 0 atom stereocenters. The summed E-state index contributed by atoms with van der Waals surface area (Å²) in [6.45, 7) is 0.393. The van der Waals surface area contributed by atoms with E-state index in [-0.39, 0.29) is 5.52 Å². The number of nitrogens with one attached hydrogen (secondary N) is 1. The number of aryl methyl sites for hydroxylation is 2. The maximum Gasteiger partial charge on any atom is 0.228 e. The van der Waals surface area contributed by atoms with Crippen molar-refractivity contribution in [1.82, 2.24) is 19.7 Å². The van der Waals surface area contributed by atoms with E-state index in [0.717, 1.165) is 6.07 Å². The Morgan fingerprint density at radius 2 is 2.21 bits per heavy atom. The fourth-order valence-corrected chi connectivity index (χ4v) is 2.21. The smallest absolute Gasteiger partial charge is 0.228 e. The molecule has 0 fully saturated rings. The molecule has 0 bridgehead atoms. The highest BCUT2D eigenvalue weighted by Gasteiger charge is 2.11. The number of aromatic amines is 1. The molecule has 3 rings (SSSR count). The van der Waals surface area contributed by atoms with Crippen LogP contribution in [0.2, 0.25) is 0 Å². The predicted octanol–water partition coefficient (Wildman–Crippen LogP) is 2.60. The predicted molar refractivity (Wildman–Crippen MR) is 65.0 cm³/mol. The first-order chi connectivity index (χ1) is 9.15. The normalized spacial score (nSPS) is 11.3. The lowest BCUT2D eigenvalue weighted by atomic mass is 10.3. The molecule has 0 aliphatic heterocycles. The van der Waals surface area contributed by atoms with Crippen LogP contribution in [0.1, 0.15) is 5.89 Å². The lowest BCUT2D eigenvalue weighted by Gasteiger charge is -2.02. The van der Waals surface area contributed by atoms with Crippen molar-refractivity contribution in [1.29, 1.82) is 0 Å². The van der Waals surface area contributed by atoms with E-state index in [1.807, 2.05) is 0 Å². The first kappa shape index (κ1) is 12.0. The minimum Gasteiger partial charge on any atom is -0.340 e. The van der Waals surface area contributed by atoms with E-state index in [1.54, 1.807) is 4.57 Å². The molecule has 0 saturated carbocycles. The molecule has 0 spiro atoms. The zero-order valence-electron chi connectivity index (χ0n) is 9.56. The van der Waals surface area contributed by atoms with Crippen LogP contribution in [0.4, 0.5) is 8.78 Å². The molecule has 0 saturated heterocycles. The van der Waals surface area contributed by atoms with Gasteiger partial charge in [-0.05, 0) is 18.3 Å². The molecule has 5 nitrogen and oxygen atoms in total. The minimum atomic E-state index is -0.669. The topological polar surface area (TPSA) is 59.6 Å². The summed E-state index contributed by atoms with van der Waals surface area (Å²) in [5, 5.41) is 3.49. The van der Waals surface area contributed by atoms with E-state index in [4.69, 9.17) is 16.7 Å². The molecule has 1 aromatic carbocycles. The fourth-order valence-electron chi connectivity index (χ4n) is 1.92. The van der Waals surface area contributed by atoms with Crippen molar-refractivity contribution in [2.75, 3.05) is 0 Å². The van der Waals surface area contributed by atoms with E-state index in [0.29, 0.717) is 29.1 Å². The van der Waals surface area contributed by atoms with Gasteiger partial charge in [-0.25, -0.2) is 8.78 Å². The summed E-state index contributed by atoms with van der Waals surface area (Å²) in [5.41, 5.74) is 0.568. The van der Waals surface area contributed by atoms with Gasteiger partial charge >= 0.3 is 0 Å². The number of nitrogens with zero attached hydrogens (tertiary/aromatic N) is 3. The van der Waals surface area contributed by atoms with Crippen molar-refractivity contribution in [3.8, 4) is 0 Å². The van der Waals surface area contributed by atoms with E-state index < -0.39 is 11.6 Å². The third kappa shape index (κ3) is 2.14. The maximum absolute atomic E-state index is 13.6. The Balaban J connectivity index is 2.03. The van der Waals surface area contributed by atoms with Crippen molar-refractivity contribution >= 4 is 23.3 Å². The van der Waals surface area contributed by atoms with E-state index in [1.165, 1.54) is 12.4 Å². The Bertz CT molecular complexity index is 778. The molecule has 0 unspecified atom stereocenters. The monoisotopic (exact) mass is 282 g/mol. The van der Waals surface area contributed by atoms with Gasteiger partial charge in [0.15, 0.2) is 16.9 Å². The molecule has 1 N–H and O–H groups in total. The summed E-state index contributed by atoms with van der Waals surface area (Å²) >= 11 is 5.10. The Morgan fingerprint density at radius 3 is 2.95 bits per heavy atom. The quantitative estimate of drug-likeness (QED) is 0.750. The van der Waals surface area contributed by atoms with Gasteiger partial charge in [0, 0.05) is 19.0 Å². The van der Waals surface area contributed by atoms with Crippen LogP contribution in [0.25, 0.3) is 11.0 Å². The number of imidazole rings is 1. The number of hydrogen-bond acceptors (Lipinski definition) is 4. The van der Waals surface area contributed by atoms with Gasteiger partial charge in [0.25, 0.3) is 0 Å². The summed E-state index contributed by atoms with van der Waals surface area (Å²) in [4.78, 5) is 6.60. The molecule has 0 radical (unpaired) electrons. The number of aromatic nitrogens is 4. The van der Waals surface area contributed by atoms with Crippen molar-refractivity contribution in [2.45, 2.75) is 13.0 Å². The van der Waals surface area contributed by atoms with Crippen LogP contribution in [-0.2, 0) is 13.0 Å². The van der Waals surface area contributed by atoms with Gasteiger partial charge in [-0.3, -0.25) is 0 Å². The number of benzene rings is 1. The zero-order chi connectivity index (χ0) is 13.4. The molecule has 8 heteroatoms. The van der Waals surface area contributed by atoms with Crippen LogP contribution in [0.15, 0.2) is 23.0 Å². The van der Waals surface area contributed by atoms with E-state index >= 15 is 0 Å². The third-order valence-corrected chi connectivity index (χ3v) is 3.08. The van der Waals surface area contributed by atoms with Crippen LogP contribution in [0.5, 0.6) is 0 Å². The van der Waals surface area contributed by atoms with Gasteiger partial charge in [-0.15, -0.1) is 0 Å². The Hall–Kier alpha value is -2.09. The molecule has 2 aromatic heterocycles. The maximum atomic E-state index is 13.6. The number of rotatable bonds is 3. The van der Waals surface area contributed by atoms with Crippen LogP contribution < -0.4 is 0 Å². The highest BCUT2D eigenvalue weighted by Crippen LogP contribution is 2.19. The lowest BCUT2D eigenvalue weighted by Crippen LogP contribution is -2.02. The second kappa shape index (κ2) is 4.54. The highest BCUT2D eigenvalue weighted by atomic mass is 32.1. The molecule has 0 aliphatic rings. The number of fused-ring (bicyclic) bond motifs is 1. The van der Waals surface area contributed by atoms with Gasteiger partial charge in [0.1, 0.15) is 11.3 Å². The SMILES string of the molecule is Fc1cc(F)c2[nH]c(=S)n(CCc3ncno3)c2c1. The summed E-state index contributed by atoms with van der Waals surface area (Å²) in [7, 11) is 0. The van der Waals surface area contributed by atoms with Crippen LogP contribution >= 0.6 is 12.2 Å². The van der Waals surface area contributed by atoms with E-state index in [9.17, 15) is 8.78 Å². The van der Waals surface area contributed by atoms with E-state index in [2.05, 4.69) is 15.1 Å². The van der Waals surface area contributed by atoms with Gasteiger partial charge in [-0.1, -0.05) is 5.16 Å². The second-order valence-electron chi connectivity index (χ2n) is 3.95. The lowest BCUT2D eigenvalue weighted by molar-refractivity contribution is 0.371. The van der Waals surface area contributed by atoms with Gasteiger partial charge in [0.05, 0.1) is 5.52 Å². The summed E-state index contributed by atoms with van der Waals surface area (Å²) in [6.07, 6.45) is 1.72. The number of hydrogen-bond donors (Lipinski definition) is 1. The molecule has 2 heterocycles. The molecule has 98 valence electrons. The van der Waals surface area contributed by atoms with Gasteiger partial charge < -0.3 is 14.1 Å². The minimum absolute atomic E-state index is 0.192. The summed E-state index contributed by atoms with van der Waals surface area (Å²) in [6, 6.07) is 2.05. The van der Waals surface area contributed by atoms with Gasteiger partial charge in [-0.2, -0.15) is 4.98 Å². The average Bonchev–Trinajstić information content (AvgIpc) is 2.95. The first-order valence-electron chi connectivity index (χ1n) is 5.48. The Morgan fingerprint density at radius 1 is 1.37 bits per heavy atom. The Kier molecular flexibility index (Phi) is 2.86. The molecular weight excluding hydrogens is 274 g/mol. The Labute approximate surface area is 110 Å². The van der Waals surface area contributed by atoms with Crippen molar-refractivity contribution in [3.05, 3.63) is 40.8 Å². The van der Waals surface area contributed by atoms with Crippen molar-refractivity contribution in [3.63, 3.8) is 0 Å². The number of H-pyrrole nitrogens is 1. The second-order valence-corrected chi connectivity index (χ2v) is 4.34. The molecule has 19 heavy (non-hydrogen) atoms. The number of halogens is 2. The van der Waals surface area contributed by atoms with Crippen molar-refractivity contribution in [2.24, 2.45) is 0 Å². The summed E-state index contributed by atoms with van der Waals surface area (Å²) in [5.74, 6) is -0.878. The molecule has 0 amide bonds. The molecule has 3 aromatic rings. The van der Waals surface area contributed by atoms with Crippen molar-refractivity contribution < 1.29 is 13.3 Å². The zero-order valence-corrected chi connectivity index (χ0v) is 10.4. The van der Waals surface area contributed by atoms with Crippen LogP contribution in [0, 0.1) is 16.4 Å². The highest BCUT2D eigenvalue weighted by molar-refractivity contribution is 7.71. The fraction of sp³-hybridized carbons (Fsp3) is 0.182. The standard InChI is InChI=1S/C11H8F2N4OS/c12-6-3-7(13)10-8(4-6)17(11(19)16-10)2-1-9-14-5-15-18-9/h3-5H,1-2H2,(H,16,19). The van der Waals surface area contributed by atoms with Gasteiger partial charge in [0.2, 0.25) is 5.89 Å². The van der Waals surface area contributed by atoms with Crippen LogP contribution in [0.3, 0.4) is 0 Å². The molecule has 0 aliphatic carbocycles. The molecular formula is C11H8F2N4OS. The first-order valence-corrected chi connectivity index (χ1v) is 5.89. The summed E-state index contributed by atoms with van der Waals surface area (Å²) < 4.78 is 33.6. The third-order valence-electron chi connectivity index (χ3n) is 2.76. The van der Waals surface area contributed by atoms with Crippen LogP contribution in [-0.4, -0.2) is 19.7 Å². The average molecular weight is 282 g/mol. The largest absolute Gasteiger partial charge is 0.340 e.